The third kappa shape index (κ3) is 3.24. The summed E-state index contributed by atoms with van der Waals surface area (Å²) in [5, 5.41) is 12.7. The maximum Gasteiger partial charge on any atom is 0.115 e. The van der Waals surface area contributed by atoms with E-state index in [1.165, 1.54) is 5.56 Å². The molecule has 0 amide bonds. The molecule has 3 heteroatoms. The summed E-state index contributed by atoms with van der Waals surface area (Å²) in [6, 6.07) is 13.4. The molecule has 0 unspecified atom stereocenters. The maximum absolute atomic E-state index is 9.36. The smallest absolute Gasteiger partial charge is 0.115 e. The Hall–Kier alpha value is -1.48. The molecule has 0 aliphatic heterocycles. The van der Waals surface area contributed by atoms with Gasteiger partial charge in [0.05, 0.1) is 0 Å². The first-order chi connectivity index (χ1) is 8.15. The van der Waals surface area contributed by atoms with Gasteiger partial charge in [0.1, 0.15) is 5.75 Å². The second-order valence-electron chi connectivity index (χ2n) is 3.99. The highest BCUT2D eigenvalue weighted by Crippen LogP contribution is 2.20. The average molecular weight is 292 g/mol. The SMILES string of the molecule is Cc1cc(NCc2cccc(O)c2)ccc1Br. The van der Waals surface area contributed by atoms with Crippen LogP contribution in [0.2, 0.25) is 0 Å². The number of aromatic hydroxyl groups is 1. The van der Waals surface area contributed by atoms with Gasteiger partial charge in [-0.2, -0.15) is 0 Å². The van der Waals surface area contributed by atoms with Crippen LogP contribution in [0.1, 0.15) is 11.1 Å². The van der Waals surface area contributed by atoms with E-state index in [0.717, 1.165) is 15.7 Å². The summed E-state index contributed by atoms with van der Waals surface area (Å²) in [6.07, 6.45) is 0. The lowest BCUT2D eigenvalue weighted by Gasteiger charge is -2.08. The number of aryl methyl sites for hydroxylation is 1. The Labute approximate surface area is 109 Å². The highest BCUT2D eigenvalue weighted by atomic mass is 79.9. The van der Waals surface area contributed by atoms with Gasteiger partial charge in [-0.25, -0.2) is 0 Å². The van der Waals surface area contributed by atoms with E-state index >= 15 is 0 Å². The summed E-state index contributed by atoms with van der Waals surface area (Å²) in [5.74, 6) is 0.302. The summed E-state index contributed by atoms with van der Waals surface area (Å²) in [7, 11) is 0. The molecule has 0 spiro atoms. The fraction of sp³-hybridized carbons (Fsp3) is 0.143. The molecule has 2 aromatic carbocycles. The van der Waals surface area contributed by atoms with Crippen molar-refractivity contribution in [3.8, 4) is 5.75 Å². The molecule has 2 aromatic rings. The molecular weight excluding hydrogens is 278 g/mol. The van der Waals surface area contributed by atoms with Gasteiger partial charge in [0.15, 0.2) is 0 Å². The quantitative estimate of drug-likeness (QED) is 0.893. The first-order valence-corrected chi connectivity index (χ1v) is 6.22. The minimum Gasteiger partial charge on any atom is -0.508 e. The van der Waals surface area contributed by atoms with Crippen molar-refractivity contribution < 1.29 is 5.11 Å². The van der Waals surface area contributed by atoms with Crippen LogP contribution in [0.3, 0.4) is 0 Å². The second kappa shape index (κ2) is 5.23. The van der Waals surface area contributed by atoms with Crippen LogP contribution < -0.4 is 5.32 Å². The zero-order valence-corrected chi connectivity index (χ0v) is 11.2. The molecule has 0 bridgehead atoms. The van der Waals surface area contributed by atoms with Gasteiger partial charge in [-0.1, -0.05) is 28.1 Å². The van der Waals surface area contributed by atoms with Crippen LogP contribution in [-0.2, 0) is 6.54 Å². The van der Waals surface area contributed by atoms with Gasteiger partial charge in [0.2, 0.25) is 0 Å². The average Bonchev–Trinajstić information content (AvgIpc) is 2.31. The van der Waals surface area contributed by atoms with Crippen molar-refractivity contribution in [1.29, 1.82) is 0 Å². The number of halogens is 1. The van der Waals surface area contributed by atoms with Crippen LogP contribution >= 0.6 is 15.9 Å². The molecule has 0 aliphatic rings. The molecule has 0 saturated carbocycles. The summed E-state index contributed by atoms with van der Waals surface area (Å²) in [5.41, 5.74) is 3.34. The zero-order chi connectivity index (χ0) is 12.3. The van der Waals surface area contributed by atoms with Gasteiger partial charge in [-0.05, 0) is 48.4 Å². The standard InChI is InChI=1S/C14H14BrNO/c1-10-7-12(5-6-14(10)15)16-9-11-3-2-4-13(17)8-11/h2-8,16-17H,9H2,1H3. The number of hydrogen-bond acceptors (Lipinski definition) is 2. The van der Waals surface area contributed by atoms with Gasteiger partial charge in [-0.15, -0.1) is 0 Å². The van der Waals surface area contributed by atoms with Crippen LogP contribution in [0, 0.1) is 6.92 Å². The van der Waals surface area contributed by atoms with Crippen LogP contribution in [0.25, 0.3) is 0 Å². The third-order valence-corrected chi connectivity index (χ3v) is 3.45. The van der Waals surface area contributed by atoms with Gasteiger partial charge in [0, 0.05) is 16.7 Å². The van der Waals surface area contributed by atoms with Crippen LogP contribution in [-0.4, -0.2) is 5.11 Å². The second-order valence-corrected chi connectivity index (χ2v) is 4.84. The van der Waals surface area contributed by atoms with Crippen LogP contribution in [0.5, 0.6) is 5.75 Å². The van der Waals surface area contributed by atoms with E-state index in [2.05, 4.69) is 34.2 Å². The molecule has 2 rings (SSSR count). The van der Waals surface area contributed by atoms with E-state index in [1.807, 2.05) is 24.3 Å². The van der Waals surface area contributed by atoms with E-state index in [4.69, 9.17) is 0 Å². The topological polar surface area (TPSA) is 32.3 Å². The minimum absolute atomic E-state index is 0.302. The van der Waals surface area contributed by atoms with Gasteiger partial charge < -0.3 is 10.4 Å². The van der Waals surface area contributed by atoms with Crippen molar-refractivity contribution in [2.24, 2.45) is 0 Å². The molecule has 0 saturated heterocycles. The van der Waals surface area contributed by atoms with E-state index < -0.39 is 0 Å². The fourth-order valence-corrected chi connectivity index (χ4v) is 1.87. The van der Waals surface area contributed by atoms with E-state index in [-0.39, 0.29) is 0 Å². The number of phenols is 1. The van der Waals surface area contributed by atoms with Crippen LogP contribution in [0.4, 0.5) is 5.69 Å². The van der Waals surface area contributed by atoms with Crippen molar-refractivity contribution in [3.05, 3.63) is 58.1 Å². The monoisotopic (exact) mass is 291 g/mol. The molecule has 0 aliphatic carbocycles. The van der Waals surface area contributed by atoms with Gasteiger partial charge in [0.25, 0.3) is 0 Å². The maximum atomic E-state index is 9.36. The molecule has 88 valence electrons. The molecular formula is C14H14BrNO. The first-order valence-electron chi connectivity index (χ1n) is 5.43. The highest BCUT2D eigenvalue weighted by Gasteiger charge is 1.98. The molecule has 2 N–H and O–H groups in total. The number of anilines is 1. The molecule has 2 nitrogen and oxygen atoms in total. The lowest BCUT2D eigenvalue weighted by molar-refractivity contribution is 0.474. The van der Waals surface area contributed by atoms with Crippen molar-refractivity contribution in [2.75, 3.05) is 5.32 Å². The van der Waals surface area contributed by atoms with Crippen molar-refractivity contribution in [1.82, 2.24) is 0 Å². The molecule has 17 heavy (non-hydrogen) atoms. The first kappa shape index (κ1) is 12.0. The Morgan fingerprint density at radius 2 is 2.00 bits per heavy atom. The Balaban J connectivity index is 2.05. The van der Waals surface area contributed by atoms with Crippen molar-refractivity contribution in [3.63, 3.8) is 0 Å². The van der Waals surface area contributed by atoms with Crippen molar-refractivity contribution >= 4 is 21.6 Å². The summed E-state index contributed by atoms with van der Waals surface area (Å²) < 4.78 is 1.11. The number of hydrogen-bond donors (Lipinski definition) is 2. The number of benzene rings is 2. The summed E-state index contributed by atoms with van der Waals surface area (Å²) >= 11 is 3.47. The van der Waals surface area contributed by atoms with E-state index in [1.54, 1.807) is 12.1 Å². The molecule has 0 radical (unpaired) electrons. The Kier molecular flexibility index (Phi) is 3.69. The molecule has 0 atom stereocenters. The Bertz CT molecular complexity index is 525. The van der Waals surface area contributed by atoms with Crippen LogP contribution in [0.15, 0.2) is 46.9 Å². The number of phenolic OH excluding ortho intramolecular Hbond substituents is 1. The summed E-state index contributed by atoms with van der Waals surface area (Å²) in [4.78, 5) is 0. The van der Waals surface area contributed by atoms with Gasteiger partial charge in [-0.3, -0.25) is 0 Å². The van der Waals surface area contributed by atoms with E-state index in [9.17, 15) is 5.11 Å². The molecule has 0 fully saturated rings. The zero-order valence-electron chi connectivity index (χ0n) is 9.57. The van der Waals surface area contributed by atoms with Gasteiger partial charge >= 0.3 is 0 Å². The third-order valence-electron chi connectivity index (χ3n) is 2.57. The predicted molar refractivity (Wildman–Crippen MR) is 74.3 cm³/mol. The predicted octanol–water partition coefficient (Wildman–Crippen LogP) is 4.08. The van der Waals surface area contributed by atoms with E-state index in [0.29, 0.717) is 12.3 Å². The lowest BCUT2D eigenvalue weighted by Crippen LogP contribution is -1.99. The highest BCUT2D eigenvalue weighted by molar-refractivity contribution is 9.10. The summed E-state index contributed by atoms with van der Waals surface area (Å²) in [6.45, 7) is 2.76. The number of nitrogens with one attached hydrogen (secondary N) is 1. The Morgan fingerprint density at radius 1 is 1.18 bits per heavy atom. The molecule has 0 aromatic heterocycles. The largest absolute Gasteiger partial charge is 0.508 e. The lowest BCUT2D eigenvalue weighted by atomic mass is 10.2. The number of rotatable bonds is 3. The minimum atomic E-state index is 0.302. The molecule has 0 heterocycles. The fourth-order valence-electron chi connectivity index (χ4n) is 1.63. The van der Waals surface area contributed by atoms with Crippen molar-refractivity contribution in [2.45, 2.75) is 13.5 Å². The normalized spacial score (nSPS) is 10.2. The Morgan fingerprint density at radius 3 is 2.71 bits per heavy atom.